The molecule has 3 aromatic carbocycles. The molecule has 4 heterocycles. The third kappa shape index (κ3) is 8.20. The summed E-state index contributed by atoms with van der Waals surface area (Å²) in [4.78, 5) is 65.2. The van der Waals surface area contributed by atoms with Crippen LogP contribution in [0.15, 0.2) is 60.7 Å². The molecule has 0 saturated heterocycles. The number of carbonyl (C=O) groups excluding carboxylic acids is 2. The molecule has 15 heteroatoms. The summed E-state index contributed by atoms with van der Waals surface area (Å²) in [6, 6.07) is 17.8. The lowest BCUT2D eigenvalue weighted by molar-refractivity contribution is -0.148. The molecule has 2 saturated carbocycles. The fourth-order valence-corrected chi connectivity index (χ4v) is 11.2. The van der Waals surface area contributed by atoms with Crippen LogP contribution in [0.3, 0.4) is 0 Å². The number of imidazole rings is 2. The van der Waals surface area contributed by atoms with Crippen LogP contribution in [0.1, 0.15) is 104 Å². The van der Waals surface area contributed by atoms with Gasteiger partial charge in [-0.3, -0.25) is 24.2 Å². The highest BCUT2D eigenvalue weighted by Crippen LogP contribution is 2.63. The van der Waals surface area contributed by atoms with Gasteiger partial charge >= 0.3 is 11.9 Å². The smallest absolute Gasteiger partial charge is 0.335 e. The number of aromatic nitrogens is 4. The summed E-state index contributed by atoms with van der Waals surface area (Å²) >= 11 is 14.1. The van der Waals surface area contributed by atoms with Crippen LogP contribution in [0, 0.1) is 10.8 Å². The number of ketones is 1. The number of amides is 1. The number of carbonyl (C=O) groups is 4. The van der Waals surface area contributed by atoms with Crippen molar-refractivity contribution in [2.24, 2.45) is 24.9 Å². The summed E-state index contributed by atoms with van der Waals surface area (Å²) in [6.45, 7) is 4.60. The predicted molar refractivity (Wildman–Crippen MR) is 240 cm³/mol. The quantitative estimate of drug-likeness (QED) is 0.0935. The normalized spacial score (nSPS) is 20.7. The van der Waals surface area contributed by atoms with Gasteiger partial charge in [0, 0.05) is 88.6 Å². The summed E-state index contributed by atoms with van der Waals surface area (Å²) in [5.74, 6) is -1.43. The minimum atomic E-state index is -0.941. The first-order valence-electron chi connectivity index (χ1n) is 21.7. The number of hydrogen-bond acceptors (Lipinski definition) is 8. The van der Waals surface area contributed by atoms with Crippen LogP contribution < -0.4 is 5.32 Å². The molecule has 3 N–H and O–H groups in total. The van der Waals surface area contributed by atoms with E-state index >= 15 is 0 Å². The third-order valence-electron chi connectivity index (χ3n) is 14.4. The second kappa shape index (κ2) is 17.0. The van der Waals surface area contributed by atoms with Crippen molar-refractivity contribution in [1.29, 1.82) is 0 Å². The number of nitrogens with one attached hydrogen (secondary N) is 1. The molecule has 2 aromatic heterocycles. The first kappa shape index (κ1) is 42.9. The van der Waals surface area contributed by atoms with Gasteiger partial charge in [-0.15, -0.1) is 0 Å². The number of benzene rings is 3. The molecule has 0 spiro atoms. The van der Waals surface area contributed by atoms with Crippen molar-refractivity contribution in [3.63, 3.8) is 0 Å². The van der Waals surface area contributed by atoms with Gasteiger partial charge in [0.15, 0.2) is 11.6 Å². The number of carboxylic acid groups (broad SMARTS) is 2. The molecular formula is C48H51Cl2N7O6. The van der Waals surface area contributed by atoms with E-state index in [1.807, 2.05) is 59.6 Å². The van der Waals surface area contributed by atoms with Gasteiger partial charge in [-0.1, -0.05) is 65.7 Å². The monoisotopic (exact) mass is 891 g/mol. The molecule has 0 radical (unpaired) electrons. The standard InChI is InChI=1S/C48H51Cl2N7O6/c1-54-37-14-22-56(21-13-29-9-11-30(12-10-29)45(60)61)26-35(37)51-42(54)39(58)25-31-5-3-6-32(40(31)49)33-7-4-8-34(41(33)50)53-44(59)43-52-36-27-57(23-15-38(36)55(43)2)24-20-47-16-18-48(28-47,19-17-47)46(62)63/h3-12H,13-28H2,1-2H3,(H,53,59)(H,60,61)(H,62,63). The van der Waals surface area contributed by atoms with Crippen LogP contribution in [0.25, 0.3) is 11.1 Å². The lowest BCUT2D eigenvalue weighted by Crippen LogP contribution is -2.34. The Kier molecular flexibility index (Phi) is 11.6. The Morgan fingerprint density at radius 1 is 0.746 bits per heavy atom. The van der Waals surface area contributed by atoms with Crippen LogP contribution in [0.4, 0.5) is 5.69 Å². The molecule has 2 aliphatic carbocycles. The van der Waals surface area contributed by atoms with Crippen LogP contribution >= 0.6 is 23.2 Å². The fraction of sp³-hybridized carbons (Fsp3) is 0.417. The number of aliphatic carboxylic acids is 1. The number of Topliss-reactive ketones (excluding diaryl/α,β-unsaturated/α-hetero) is 1. The zero-order valence-electron chi connectivity index (χ0n) is 35.6. The number of aromatic carboxylic acids is 1. The Hall–Kier alpha value is -5.34. The zero-order valence-corrected chi connectivity index (χ0v) is 37.1. The number of fused-ring (bicyclic) bond motifs is 4. The molecule has 2 aliphatic heterocycles. The van der Waals surface area contributed by atoms with Gasteiger partial charge in [0.05, 0.1) is 38.1 Å². The van der Waals surface area contributed by atoms with E-state index in [1.165, 1.54) is 0 Å². The Morgan fingerprint density at radius 3 is 1.98 bits per heavy atom. The topological polar surface area (TPSA) is 163 Å². The van der Waals surface area contributed by atoms with Crippen LogP contribution in [-0.4, -0.2) is 88.9 Å². The maximum absolute atomic E-state index is 13.9. The van der Waals surface area contributed by atoms with Crippen molar-refractivity contribution in [3.8, 4) is 11.1 Å². The maximum atomic E-state index is 13.9. The van der Waals surface area contributed by atoms with Gasteiger partial charge in [-0.05, 0) is 86.2 Å². The second-order valence-corrected chi connectivity index (χ2v) is 18.8. The van der Waals surface area contributed by atoms with Crippen molar-refractivity contribution in [1.82, 2.24) is 28.9 Å². The number of hydrogen-bond donors (Lipinski definition) is 3. The van der Waals surface area contributed by atoms with E-state index in [2.05, 4.69) is 15.1 Å². The van der Waals surface area contributed by atoms with E-state index in [-0.39, 0.29) is 29.1 Å². The van der Waals surface area contributed by atoms with Crippen molar-refractivity contribution < 1.29 is 29.4 Å². The van der Waals surface area contributed by atoms with E-state index in [1.54, 1.807) is 24.3 Å². The van der Waals surface area contributed by atoms with Crippen LogP contribution in [-0.2, 0) is 57.7 Å². The molecule has 2 fully saturated rings. The van der Waals surface area contributed by atoms with Gasteiger partial charge in [-0.2, -0.15) is 0 Å². The molecule has 0 atom stereocenters. The Balaban J connectivity index is 0.838. The number of rotatable bonds is 14. The Bertz CT molecular complexity index is 2650. The van der Waals surface area contributed by atoms with E-state index in [9.17, 15) is 29.4 Å². The van der Waals surface area contributed by atoms with Crippen molar-refractivity contribution in [2.45, 2.75) is 77.3 Å². The minimum Gasteiger partial charge on any atom is -0.481 e. The summed E-state index contributed by atoms with van der Waals surface area (Å²) in [7, 11) is 3.75. The highest BCUT2D eigenvalue weighted by molar-refractivity contribution is 6.39. The van der Waals surface area contributed by atoms with Crippen molar-refractivity contribution in [3.05, 3.63) is 122 Å². The van der Waals surface area contributed by atoms with E-state index in [4.69, 9.17) is 33.2 Å². The first-order chi connectivity index (χ1) is 30.2. The fourth-order valence-electron chi connectivity index (χ4n) is 10.6. The zero-order chi connectivity index (χ0) is 44.2. The predicted octanol–water partition coefficient (Wildman–Crippen LogP) is 7.89. The molecule has 2 bridgehead atoms. The SMILES string of the molecule is Cn1c(C(=O)Cc2cccc(-c3cccc(NC(=O)c4nc5c(n4C)CCN(CCC46CCC(C(=O)O)(CC4)C6)C5)c3Cl)c2Cl)nc2c1CCN(CCc1ccc(C(=O)O)cc1)C2. The van der Waals surface area contributed by atoms with Crippen LogP contribution in [0.5, 0.6) is 0 Å². The number of anilines is 1. The molecule has 5 aromatic rings. The molecule has 9 rings (SSSR count). The average Bonchev–Trinajstić information content (AvgIpc) is 4.04. The molecule has 328 valence electrons. The highest BCUT2D eigenvalue weighted by atomic mass is 35.5. The number of carboxylic acids is 2. The van der Waals surface area contributed by atoms with Gasteiger partial charge in [-0.25, -0.2) is 14.8 Å². The molecule has 0 unspecified atom stereocenters. The summed E-state index contributed by atoms with van der Waals surface area (Å²) in [5.41, 5.74) is 7.06. The highest BCUT2D eigenvalue weighted by Gasteiger charge is 2.57. The number of nitrogens with zero attached hydrogens (tertiary/aromatic N) is 6. The van der Waals surface area contributed by atoms with Gasteiger partial charge in [0.25, 0.3) is 5.91 Å². The van der Waals surface area contributed by atoms with E-state index in [0.29, 0.717) is 57.2 Å². The van der Waals surface area contributed by atoms with Crippen molar-refractivity contribution >= 4 is 52.5 Å². The van der Waals surface area contributed by atoms with Gasteiger partial charge < -0.3 is 24.7 Å². The largest absolute Gasteiger partial charge is 0.481 e. The molecule has 1 amide bonds. The van der Waals surface area contributed by atoms with Crippen molar-refractivity contribution in [2.75, 3.05) is 31.5 Å². The number of halogens is 2. The minimum absolute atomic E-state index is 0.0358. The van der Waals surface area contributed by atoms with Crippen LogP contribution in [0.2, 0.25) is 10.0 Å². The lowest BCUT2D eigenvalue weighted by atomic mass is 9.80. The van der Waals surface area contributed by atoms with E-state index in [0.717, 1.165) is 112 Å². The maximum Gasteiger partial charge on any atom is 0.335 e. The summed E-state index contributed by atoms with van der Waals surface area (Å²) < 4.78 is 3.76. The van der Waals surface area contributed by atoms with Gasteiger partial charge in [0.1, 0.15) is 0 Å². The molecular weight excluding hydrogens is 841 g/mol. The Labute approximate surface area is 376 Å². The molecule has 13 nitrogen and oxygen atoms in total. The lowest BCUT2D eigenvalue weighted by Gasteiger charge is -2.32. The molecule has 4 aliphatic rings. The summed E-state index contributed by atoms with van der Waals surface area (Å²) in [6.07, 6.45) is 7.65. The van der Waals surface area contributed by atoms with E-state index < -0.39 is 17.4 Å². The summed E-state index contributed by atoms with van der Waals surface area (Å²) in [5, 5.41) is 22.7. The average molecular weight is 893 g/mol. The molecule has 63 heavy (non-hydrogen) atoms. The Morgan fingerprint density at radius 2 is 1.35 bits per heavy atom. The third-order valence-corrected chi connectivity index (χ3v) is 15.3. The second-order valence-electron chi connectivity index (χ2n) is 18.1. The first-order valence-corrected chi connectivity index (χ1v) is 22.5. The van der Waals surface area contributed by atoms with Gasteiger partial charge in [0.2, 0.25) is 5.78 Å².